The number of nitrogens with one attached hydrogen (secondary N) is 1. The van der Waals surface area contributed by atoms with Gasteiger partial charge < -0.3 is 10.1 Å². The van der Waals surface area contributed by atoms with E-state index in [4.69, 9.17) is 4.74 Å². The van der Waals surface area contributed by atoms with E-state index in [0.29, 0.717) is 11.3 Å². The Kier molecular flexibility index (Phi) is 6.08. The Bertz CT molecular complexity index is 903. The Morgan fingerprint density at radius 1 is 1.36 bits per heavy atom. The molecule has 0 saturated heterocycles. The molecule has 126 valence electrons. The average molecular weight is 449 g/mol. The van der Waals surface area contributed by atoms with E-state index in [-0.39, 0.29) is 16.9 Å². The number of carbonyl (C=O) groups excluding carboxylic acids is 1. The number of methoxy groups -OCH3 is 1. The molecule has 0 spiro atoms. The van der Waals surface area contributed by atoms with Crippen molar-refractivity contribution in [2.24, 2.45) is 0 Å². The van der Waals surface area contributed by atoms with Gasteiger partial charge in [-0.05, 0) is 52.4 Å². The maximum absolute atomic E-state index is 12.2. The molecule has 1 amide bonds. The van der Waals surface area contributed by atoms with E-state index in [1.54, 1.807) is 25.3 Å². The van der Waals surface area contributed by atoms with Gasteiger partial charge in [0.25, 0.3) is 11.6 Å². The van der Waals surface area contributed by atoms with Crippen molar-refractivity contribution in [3.63, 3.8) is 0 Å². The molecule has 0 fully saturated rings. The summed E-state index contributed by atoms with van der Waals surface area (Å²) in [7, 11) is 1.56. The first-order valence-electron chi connectivity index (χ1n) is 6.95. The van der Waals surface area contributed by atoms with Crippen molar-refractivity contribution in [3.8, 4) is 11.8 Å². The average Bonchev–Trinajstić information content (AvgIpc) is 2.59. The second-order valence-electron chi connectivity index (χ2n) is 4.83. The van der Waals surface area contributed by atoms with Crippen LogP contribution in [0.4, 0.5) is 11.4 Å². The summed E-state index contributed by atoms with van der Waals surface area (Å²) in [6.07, 6.45) is 1.44. The SMILES string of the molecule is COc1ccc(/C=C(\C#N)C(=O)Nc2cccc([N+](=O)[O-])c2)cc1I. The molecule has 2 aromatic carbocycles. The predicted octanol–water partition coefficient (Wildman–Crippen LogP) is 3.75. The van der Waals surface area contributed by atoms with Crippen LogP contribution >= 0.6 is 22.6 Å². The minimum absolute atomic E-state index is 0.118. The lowest BCUT2D eigenvalue weighted by Crippen LogP contribution is -2.13. The molecule has 7 nitrogen and oxygen atoms in total. The number of hydrogen-bond donors (Lipinski definition) is 1. The first-order valence-corrected chi connectivity index (χ1v) is 8.03. The summed E-state index contributed by atoms with van der Waals surface area (Å²) in [4.78, 5) is 22.5. The highest BCUT2D eigenvalue weighted by atomic mass is 127. The van der Waals surface area contributed by atoms with Gasteiger partial charge in [-0.1, -0.05) is 12.1 Å². The van der Waals surface area contributed by atoms with Crippen molar-refractivity contribution in [1.82, 2.24) is 0 Å². The number of halogens is 1. The molecule has 1 N–H and O–H groups in total. The van der Waals surface area contributed by atoms with Gasteiger partial charge >= 0.3 is 0 Å². The molecule has 0 aromatic heterocycles. The third-order valence-corrected chi connectivity index (χ3v) is 4.01. The molecule has 0 bridgehead atoms. The summed E-state index contributed by atoms with van der Waals surface area (Å²) in [5.41, 5.74) is 0.637. The van der Waals surface area contributed by atoms with Gasteiger partial charge in [0.1, 0.15) is 17.4 Å². The van der Waals surface area contributed by atoms with Crippen LogP contribution in [0.2, 0.25) is 0 Å². The van der Waals surface area contributed by atoms with Gasteiger partial charge in [0.2, 0.25) is 0 Å². The molecular weight excluding hydrogens is 437 g/mol. The fourth-order valence-electron chi connectivity index (χ4n) is 1.98. The number of nitrogens with zero attached hydrogens (tertiary/aromatic N) is 2. The number of nitro groups is 1. The van der Waals surface area contributed by atoms with Gasteiger partial charge in [0.15, 0.2) is 0 Å². The van der Waals surface area contributed by atoms with Crippen LogP contribution in [0.15, 0.2) is 48.0 Å². The number of amides is 1. The molecule has 8 heteroatoms. The van der Waals surface area contributed by atoms with Gasteiger partial charge in [-0.2, -0.15) is 5.26 Å². The normalized spacial score (nSPS) is 10.7. The zero-order valence-corrected chi connectivity index (χ0v) is 15.2. The Morgan fingerprint density at radius 2 is 2.12 bits per heavy atom. The number of rotatable bonds is 5. The van der Waals surface area contributed by atoms with Crippen LogP contribution < -0.4 is 10.1 Å². The van der Waals surface area contributed by atoms with Crippen molar-refractivity contribution in [3.05, 3.63) is 67.3 Å². The number of nitro benzene ring substituents is 1. The number of ether oxygens (including phenoxy) is 1. The summed E-state index contributed by atoms with van der Waals surface area (Å²) in [6.45, 7) is 0. The van der Waals surface area contributed by atoms with Crippen LogP contribution in [0.25, 0.3) is 6.08 Å². The molecule has 2 rings (SSSR count). The highest BCUT2D eigenvalue weighted by Crippen LogP contribution is 2.23. The number of hydrogen-bond acceptors (Lipinski definition) is 5. The Balaban J connectivity index is 2.24. The van der Waals surface area contributed by atoms with E-state index in [1.165, 1.54) is 30.3 Å². The second kappa shape index (κ2) is 8.25. The third-order valence-electron chi connectivity index (χ3n) is 3.17. The monoisotopic (exact) mass is 449 g/mol. The highest BCUT2D eigenvalue weighted by molar-refractivity contribution is 14.1. The van der Waals surface area contributed by atoms with Crippen LogP contribution in [0.3, 0.4) is 0 Å². The van der Waals surface area contributed by atoms with Crippen molar-refractivity contribution >= 4 is 45.9 Å². The topological polar surface area (TPSA) is 105 Å². The van der Waals surface area contributed by atoms with E-state index >= 15 is 0 Å². The number of carbonyl (C=O) groups is 1. The molecule has 0 unspecified atom stereocenters. The number of anilines is 1. The molecule has 0 atom stereocenters. The quantitative estimate of drug-likeness (QED) is 0.246. The second-order valence-corrected chi connectivity index (χ2v) is 5.99. The molecule has 0 aliphatic rings. The summed E-state index contributed by atoms with van der Waals surface area (Å²) >= 11 is 2.09. The van der Waals surface area contributed by atoms with Crippen molar-refractivity contribution in [2.45, 2.75) is 0 Å². The standard InChI is InChI=1S/C17H12IN3O4/c1-25-16-6-5-11(8-15(16)18)7-12(10-19)17(22)20-13-3-2-4-14(9-13)21(23)24/h2-9H,1H3,(H,20,22)/b12-7+. The Hall–Kier alpha value is -2.93. The first kappa shape index (κ1) is 18.4. The molecule has 25 heavy (non-hydrogen) atoms. The smallest absolute Gasteiger partial charge is 0.271 e. The number of benzene rings is 2. The molecule has 2 aromatic rings. The van der Waals surface area contributed by atoms with Gasteiger partial charge in [-0.25, -0.2) is 0 Å². The Labute approximate surface area is 157 Å². The van der Waals surface area contributed by atoms with Gasteiger partial charge in [0.05, 0.1) is 15.6 Å². The summed E-state index contributed by atoms with van der Waals surface area (Å²) < 4.78 is 6.00. The van der Waals surface area contributed by atoms with Gasteiger partial charge in [-0.3, -0.25) is 14.9 Å². The van der Waals surface area contributed by atoms with E-state index in [9.17, 15) is 20.2 Å². The van der Waals surface area contributed by atoms with E-state index in [1.807, 2.05) is 6.07 Å². The van der Waals surface area contributed by atoms with E-state index in [0.717, 1.165) is 3.57 Å². The fourth-order valence-corrected chi connectivity index (χ4v) is 2.74. The fraction of sp³-hybridized carbons (Fsp3) is 0.0588. The van der Waals surface area contributed by atoms with Crippen LogP contribution in [-0.2, 0) is 4.79 Å². The maximum Gasteiger partial charge on any atom is 0.271 e. The lowest BCUT2D eigenvalue weighted by molar-refractivity contribution is -0.384. The van der Waals surface area contributed by atoms with Crippen LogP contribution in [0.5, 0.6) is 5.75 Å². The maximum atomic E-state index is 12.2. The number of non-ortho nitro benzene ring substituents is 1. The molecular formula is C17H12IN3O4. The largest absolute Gasteiger partial charge is 0.496 e. The highest BCUT2D eigenvalue weighted by Gasteiger charge is 2.12. The van der Waals surface area contributed by atoms with Crippen molar-refractivity contribution < 1.29 is 14.5 Å². The van der Waals surface area contributed by atoms with Crippen molar-refractivity contribution in [1.29, 1.82) is 5.26 Å². The van der Waals surface area contributed by atoms with Gasteiger partial charge in [-0.15, -0.1) is 0 Å². The minimum atomic E-state index is -0.645. The van der Waals surface area contributed by atoms with Crippen molar-refractivity contribution in [2.75, 3.05) is 12.4 Å². The molecule has 0 aliphatic heterocycles. The Morgan fingerprint density at radius 3 is 2.72 bits per heavy atom. The lowest BCUT2D eigenvalue weighted by atomic mass is 10.1. The van der Waals surface area contributed by atoms with Crippen LogP contribution in [0.1, 0.15) is 5.56 Å². The molecule has 0 aliphatic carbocycles. The van der Waals surface area contributed by atoms with E-state index in [2.05, 4.69) is 27.9 Å². The molecule has 0 radical (unpaired) electrons. The van der Waals surface area contributed by atoms with E-state index < -0.39 is 10.8 Å². The van der Waals surface area contributed by atoms with Crippen LogP contribution in [-0.4, -0.2) is 17.9 Å². The number of nitriles is 1. The molecule has 0 heterocycles. The van der Waals surface area contributed by atoms with Crippen LogP contribution in [0, 0.1) is 25.0 Å². The van der Waals surface area contributed by atoms with Gasteiger partial charge in [0, 0.05) is 17.8 Å². The zero-order chi connectivity index (χ0) is 18.4. The predicted molar refractivity (Wildman–Crippen MR) is 101 cm³/mol. The lowest BCUT2D eigenvalue weighted by Gasteiger charge is -2.06. The summed E-state index contributed by atoms with van der Waals surface area (Å²) in [5.74, 6) is 0.0473. The first-order chi connectivity index (χ1) is 11.9. The summed E-state index contributed by atoms with van der Waals surface area (Å²) in [6, 6.07) is 12.6. The zero-order valence-electron chi connectivity index (χ0n) is 13.0. The third kappa shape index (κ3) is 4.77. The minimum Gasteiger partial charge on any atom is -0.496 e. The molecule has 0 saturated carbocycles. The summed E-state index contributed by atoms with van der Waals surface area (Å²) in [5, 5.41) is 22.5.